The Labute approximate surface area is 243 Å². The number of ether oxygens (including phenoxy) is 4. The van der Waals surface area contributed by atoms with E-state index in [4.69, 9.17) is 24.7 Å². The van der Waals surface area contributed by atoms with Crippen LogP contribution in [0.3, 0.4) is 0 Å². The molecule has 0 aromatic heterocycles. The molecule has 0 unspecified atom stereocenters. The molecule has 244 valence electrons. The molecule has 11 N–H and O–H groups in total. The van der Waals surface area contributed by atoms with Crippen LogP contribution in [0.25, 0.3) is 0 Å². The molecule has 2 aliphatic heterocycles. The molecule has 0 radical (unpaired) electrons. The molecule has 0 saturated carbocycles. The van der Waals surface area contributed by atoms with Crippen molar-refractivity contribution < 1.29 is 64.0 Å². The first-order valence-electron chi connectivity index (χ1n) is 14.0. The highest BCUT2D eigenvalue weighted by Gasteiger charge is 2.43. The van der Waals surface area contributed by atoms with Gasteiger partial charge in [0.05, 0.1) is 25.4 Å². The summed E-state index contributed by atoms with van der Waals surface area (Å²) in [4.78, 5) is 37.4. The Balaban J connectivity index is 1.77. The van der Waals surface area contributed by atoms with E-state index in [1.807, 2.05) is 0 Å². The normalized spacial score (nSPS) is 33.9. The average Bonchev–Trinajstić information content (AvgIpc) is 2.96. The highest BCUT2D eigenvalue weighted by molar-refractivity contribution is 5.88. The number of aliphatic hydroxyl groups is 6. The number of aliphatic hydroxyl groups excluding tert-OH is 6. The fourth-order valence-corrected chi connectivity index (χ4v) is 4.30. The second-order valence-electron chi connectivity index (χ2n) is 10.3. The van der Waals surface area contributed by atoms with E-state index in [1.54, 1.807) is 0 Å². The average molecular weight is 611 g/mol. The van der Waals surface area contributed by atoms with Crippen molar-refractivity contribution in [2.45, 2.75) is 107 Å². The third kappa shape index (κ3) is 10.9. The number of amides is 3. The van der Waals surface area contributed by atoms with Crippen LogP contribution >= 0.6 is 0 Å². The first-order valence-corrected chi connectivity index (χ1v) is 14.0. The summed E-state index contributed by atoms with van der Waals surface area (Å²) < 4.78 is 21.4. The van der Waals surface area contributed by atoms with Crippen LogP contribution < -0.4 is 21.7 Å². The molecule has 0 aliphatic carbocycles. The summed E-state index contributed by atoms with van der Waals surface area (Å²) in [6.45, 7) is 3.09. The van der Waals surface area contributed by atoms with Crippen molar-refractivity contribution in [1.82, 2.24) is 16.0 Å². The zero-order valence-electron chi connectivity index (χ0n) is 23.8. The molecule has 2 saturated heterocycles. The van der Waals surface area contributed by atoms with Gasteiger partial charge in [0, 0.05) is 25.9 Å². The smallest absolute Gasteiger partial charge is 0.242 e. The monoisotopic (exact) mass is 610 g/mol. The SMILES string of the molecule is C[C@@H]1O[C@@H](OCCNC(=O)CC[C@H](NC(=O)CCCN)C(=O)NCCO[C@@H]2O[C@@H](C)[C@@H](O)[C@@H](O)[C@@H]2O)[C@@H](O)[C@H](O)[C@@H]1O. The van der Waals surface area contributed by atoms with Crippen molar-refractivity contribution in [3.63, 3.8) is 0 Å². The predicted octanol–water partition coefficient (Wildman–Crippen LogP) is -5.09. The molecule has 0 aromatic rings. The van der Waals surface area contributed by atoms with E-state index < -0.39 is 85.2 Å². The first kappa shape index (κ1) is 36.2. The summed E-state index contributed by atoms with van der Waals surface area (Å²) in [5, 5.41) is 66.9. The summed E-state index contributed by atoms with van der Waals surface area (Å²) >= 11 is 0. The summed E-state index contributed by atoms with van der Waals surface area (Å²) in [7, 11) is 0. The summed E-state index contributed by atoms with van der Waals surface area (Å²) in [6.07, 6.45) is -12.0. The van der Waals surface area contributed by atoms with Crippen molar-refractivity contribution in [3.8, 4) is 0 Å². The predicted molar refractivity (Wildman–Crippen MR) is 142 cm³/mol. The zero-order valence-corrected chi connectivity index (χ0v) is 23.8. The van der Waals surface area contributed by atoms with Crippen molar-refractivity contribution in [1.29, 1.82) is 0 Å². The first-order chi connectivity index (χ1) is 19.9. The fourth-order valence-electron chi connectivity index (χ4n) is 4.30. The Kier molecular flexibility index (Phi) is 15.4. The van der Waals surface area contributed by atoms with E-state index >= 15 is 0 Å². The van der Waals surface area contributed by atoms with Crippen LogP contribution in [-0.2, 0) is 33.3 Å². The molecule has 17 heteroatoms. The molecule has 0 aromatic carbocycles. The molecular weight excluding hydrogens is 564 g/mol. The summed E-state index contributed by atoms with van der Waals surface area (Å²) in [6, 6.07) is -1.05. The maximum absolute atomic E-state index is 12.8. The molecule has 17 nitrogen and oxygen atoms in total. The highest BCUT2D eigenvalue weighted by Crippen LogP contribution is 2.22. The molecule has 11 atom stereocenters. The number of rotatable bonds is 16. The van der Waals surface area contributed by atoms with Crippen molar-refractivity contribution in [2.75, 3.05) is 32.8 Å². The third-order valence-electron chi connectivity index (χ3n) is 6.93. The Bertz CT molecular complexity index is 855. The van der Waals surface area contributed by atoms with Gasteiger partial charge in [-0.2, -0.15) is 0 Å². The van der Waals surface area contributed by atoms with Gasteiger partial charge in [-0.3, -0.25) is 14.4 Å². The third-order valence-corrected chi connectivity index (χ3v) is 6.93. The molecule has 0 spiro atoms. The maximum atomic E-state index is 12.8. The lowest BCUT2D eigenvalue weighted by Gasteiger charge is -2.38. The molecule has 2 aliphatic rings. The Morgan fingerprint density at radius 3 is 1.74 bits per heavy atom. The Morgan fingerprint density at radius 1 is 0.738 bits per heavy atom. The van der Waals surface area contributed by atoms with E-state index in [0.717, 1.165) is 0 Å². The lowest BCUT2D eigenvalue weighted by Crippen LogP contribution is -2.57. The maximum Gasteiger partial charge on any atom is 0.242 e. The van der Waals surface area contributed by atoms with Crippen LogP contribution in [0.4, 0.5) is 0 Å². The van der Waals surface area contributed by atoms with Gasteiger partial charge in [-0.05, 0) is 33.2 Å². The lowest BCUT2D eigenvalue weighted by molar-refractivity contribution is -0.292. The van der Waals surface area contributed by atoms with Crippen molar-refractivity contribution in [2.24, 2.45) is 5.73 Å². The van der Waals surface area contributed by atoms with E-state index in [-0.39, 0.29) is 52.1 Å². The molecule has 2 rings (SSSR count). The molecule has 42 heavy (non-hydrogen) atoms. The van der Waals surface area contributed by atoms with Crippen LogP contribution in [-0.4, -0.2) is 149 Å². The van der Waals surface area contributed by atoms with Crippen LogP contribution in [0.1, 0.15) is 39.5 Å². The molecular formula is C25H46N4O13. The van der Waals surface area contributed by atoms with Gasteiger partial charge in [0.2, 0.25) is 17.7 Å². The van der Waals surface area contributed by atoms with Crippen LogP contribution in [0.5, 0.6) is 0 Å². The summed E-state index contributed by atoms with van der Waals surface area (Å²) in [5.41, 5.74) is 5.44. The van der Waals surface area contributed by atoms with E-state index in [1.165, 1.54) is 13.8 Å². The second-order valence-corrected chi connectivity index (χ2v) is 10.3. The van der Waals surface area contributed by atoms with Crippen LogP contribution in [0.15, 0.2) is 0 Å². The number of carbonyl (C=O) groups is 3. The van der Waals surface area contributed by atoms with Crippen LogP contribution in [0, 0.1) is 0 Å². The van der Waals surface area contributed by atoms with Gasteiger partial charge in [-0.1, -0.05) is 0 Å². The largest absolute Gasteiger partial charge is 0.388 e. The van der Waals surface area contributed by atoms with Crippen molar-refractivity contribution >= 4 is 17.7 Å². The van der Waals surface area contributed by atoms with Gasteiger partial charge in [0.25, 0.3) is 0 Å². The zero-order chi connectivity index (χ0) is 31.4. The van der Waals surface area contributed by atoms with Crippen molar-refractivity contribution in [3.05, 3.63) is 0 Å². The minimum atomic E-state index is -1.49. The number of hydrogen-bond acceptors (Lipinski definition) is 14. The number of hydrogen-bond donors (Lipinski definition) is 10. The quantitative estimate of drug-likeness (QED) is 0.0733. The van der Waals surface area contributed by atoms with Gasteiger partial charge in [0.15, 0.2) is 12.6 Å². The molecule has 2 heterocycles. The van der Waals surface area contributed by atoms with E-state index in [2.05, 4.69) is 16.0 Å². The minimum absolute atomic E-state index is 0.0228. The lowest BCUT2D eigenvalue weighted by atomic mass is 10.0. The minimum Gasteiger partial charge on any atom is -0.388 e. The Morgan fingerprint density at radius 2 is 1.24 bits per heavy atom. The van der Waals surface area contributed by atoms with E-state index in [9.17, 15) is 45.0 Å². The topological polar surface area (TPSA) is 272 Å². The van der Waals surface area contributed by atoms with E-state index in [0.29, 0.717) is 6.42 Å². The fraction of sp³-hybridized carbons (Fsp3) is 0.880. The Hall–Kier alpha value is -2.03. The number of nitrogens with one attached hydrogen (secondary N) is 3. The molecule has 3 amide bonds. The van der Waals surface area contributed by atoms with Gasteiger partial charge in [0.1, 0.15) is 42.7 Å². The van der Waals surface area contributed by atoms with Gasteiger partial charge < -0.3 is 71.3 Å². The number of carbonyl (C=O) groups excluding carboxylic acids is 3. The van der Waals surface area contributed by atoms with Crippen LogP contribution in [0.2, 0.25) is 0 Å². The second kappa shape index (κ2) is 17.9. The summed E-state index contributed by atoms with van der Waals surface area (Å²) in [5.74, 6) is -1.44. The van der Waals surface area contributed by atoms with Gasteiger partial charge in [-0.15, -0.1) is 0 Å². The number of nitrogens with two attached hydrogens (primary N) is 1. The van der Waals surface area contributed by atoms with Gasteiger partial charge >= 0.3 is 0 Å². The van der Waals surface area contributed by atoms with Gasteiger partial charge in [-0.25, -0.2) is 0 Å². The standard InChI is InChI=1S/C25H46N4O13/c1-12-17(32)19(34)21(36)24(41-12)39-10-8-27-15(30)6-5-14(29-16(31)4-3-7-26)23(38)28-9-11-40-25-22(37)20(35)18(33)13(2)42-25/h12-14,17-22,24-25,32-37H,3-11,26H2,1-2H3,(H,27,30)(H,28,38)(H,29,31)/t12-,13-,14-,17+,18+,19+,20+,21-,22-,24+,25+/m0/s1. The molecule has 0 bridgehead atoms. The highest BCUT2D eigenvalue weighted by atomic mass is 16.7. The molecule has 2 fully saturated rings.